The van der Waals surface area contributed by atoms with Gasteiger partial charge in [0.05, 0.1) is 5.56 Å². The summed E-state index contributed by atoms with van der Waals surface area (Å²) in [5, 5.41) is 3.89. The lowest BCUT2D eigenvalue weighted by molar-refractivity contribution is -0.137. The van der Waals surface area contributed by atoms with Crippen molar-refractivity contribution in [2.75, 3.05) is 38.7 Å². The number of halogens is 3. The first-order valence-electron chi connectivity index (χ1n) is 13.7. The minimum absolute atomic E-state index is 0.102. The Kier molecular flexibility index (Phi) is 10.2. The standard InChI is InChI=1S/C32H35F3N4O3/c1-23-8-14-27(15-9-23)37-31(41)39(17-5-19-42-2)22-30(40)38(21-24-10-12-26(13-11-24)32(33,34)35)18-16-25-20-36-29-7-4-3-6-28(25)29/h3-4,6-15,20,36H,5,16-19,21-22H2,1-2H3,(H,37,41). The molecule has 0 aliphatic carbocycles. The zero-order valence-electron chi connectivity index (χ0n) is 23.7. The molecule has 0 atom stereocenters. The molecule has 0 bridgehead atoms. The summed E-state index contributed by atoms with van der Waals surface area (Å²) in [7, 11) is 1.57. The fourth-order valence-electron chi connectivity index (χ4n) is 4.66. The van der Waals surface area contributed by atoms with Crippen LogP contribution in [0.15, 0.2) is 79.0 Å². The van der Waals surface area contributed by atoms with Gasteiger partial charge < -0.3 is 24.8 Å². The zero-order chi connectivity index (χ0) is 30.1. The molecule has 4 aromatic rings. The second kappa shape index (κ2) is 14.0. The Morgan fingerprint density at radius 1 is 0.929 bits per heavy atom. The van der Waals surface area contributed by atoms with Crippen molar-refractivity contribution in [2.24, 2.45) is 0 Å². The summed E-state index contributed by atoms with van der Waals surface area (Å²) in [6.07, 6.45) is -1.50. The summed E-state index contributed by atoms with van der Waals surface area (Å²) in [5.41, 5.74) is 3.46. The predicted octanol–water partition coefficient (Wildman–Crippen LogP) is 6.64. The third-order valence-corrected chi connectivity index (χ3v) is 7.03. The van der Waals surface area contributed by atoms with Crippen molar-refractivity contribution in [1.82, 2.24) is 14.8 Å². The van der Waals surface area contributed by atoms with E-state index in [1.165, 1.54) is 17.0 Å². The Morgan fingerprint density at radius 3 is 2.33 bits per heavy atom. The number of ether oxygens (including phenoxy) is 1. The van der Waals surface area contributed by atoms with Gasteiger partial charge in [0.15, 0.2) is 0 Å². The van der Waals surface area contributed by atoms with Gasteiger partial charge >= 0.3 is 12.2 Å². The molecule has 42 heavy (non-hydrogen) atoms. The molecular formula is C32H35F3N4O3. The first kappa shape index (κ1) is 30.6. The van der Waals surface area contributed by atoms with Gasteiger partial charge in [-0.3, -0.25) is 4.79 Å². The fraction of sp³-hybridized carbons (Fsp3) is 0.312. The molecule has 0 aliphatic heterocycles. The predicted molar refractivity (Wildman–Crippen MR) is 157 cm³/mol. The monoisotopic (exact) mass is 580 g/mol. The quantitative estimate of drug-likeness (QED) is 0.185. The maximum absolute atomic E-state index is 13.7. The molecule has 0 radical (unpaired) electrons. The molecular weight excluding hydrogens is 545 g/mol. The van der Waals surface area contributed by atoms with Gasteiger partial charge in [-0.1, -0.05) is 48.0 Å². The van der Waals surface area contributed by atoms with Crippen molar-refractivity contribution >= 4 is 28.5 Å². The van der Waals surface area contributed by atoms with E-state index in [9.17, 15) is 22.8 Å². The van der Waals surface area contributed by atoms with E-state index in [-0.39, 0.29) is 25.5 Å². The molecule has 222 valence electrons. The second-order valence-corrected chi connectivity index (χ2v) is 10.2. The van der Waals surface area contributed by atoms with Crippen LogP contribution in [-0.4, -0.2) is 60.1 Å². The number of anilines is 1. The molecule has 4 rings (SSSR count). The van der Waals surface area contributed by atoms with Crippen LogP contribution >= 0.6 is 0 Å². The fourth-order valence-corrected chi connectivity index (χ4v) is 4.66. The van der Waals surface area contributed by atoms with Crippen LogP contribution in [0.1, 0.15) is 28.7 Å². The average Bonchev–Trinajstić information content (AvgIpc) is 3.38. The summed E-state index contributed by atoms with van der Waals surface area (Å²) in [5.74, 6) is -0.314. The van der Waals surface area contributed by atoms with Gasteiger partial charge in [-0.25, -0.2) is 4.79 Å². The van der Waals surface area contributed by atoms with Crippen LogP contribution in [-0.2, 0) is 28.7 Å². The Bertz CT molecular complexity index is 1470. The van der Waals surface area contributed by atoms with Crippen molar-refractivity contribution in [2.45, 2.75) is 32.5 Å². The van der Waals surface area contributed by atoms with Crippen LogP contribution in [0.4, 0.5) is 23.7 Å². The number of para-hydroxylation sites is 1. The van der Waals surface area contributed by atoms with Crippen molar-refractivity contribution in [1.29, 1.82) is 0 Å². The van der Waals surface area contributed by atoms with Gasteiger partial charge in [0.2, 0.25) is 5.91 Å². The molecule has 0 saturated carbocycles. The van der Waals surface area contributed by atoms with Crippen molar-refractivity contribution in [3.8, 4) is 0 Å². The minimum atomic E-state index is -4.45. The Hall–Kier alpha value is -4.31. The molecule has 0 fully saturated rings. The topological polar surface area (TPSA) is 77.7 Å². The highest BCUT2D eigenvalue weighted by molar-refractivity contribution is 5.92. The Labute approximate surface area is 243 Å². The first-order valence-corrected chi connectivity index (χ1v) is 13.7. The van der Waals surface area contributed by atoms with Crippen LogP contribution < -0.4 is 5.32 Å². The Morgan fingerprint density at radius 2 is 1.64 bits per heavy atom. The lowest BCUT2D eigenvalue weighted by atomic mass is 10.1. The molecule has 0 aliphatic rings. The number of H-pyrrole nitrogens is 1. The number of amides is 3. The number of methoxy groups -OCH3 is 1. The number of aryl methyl sites for hydroxylation is 1. The zero-order valence-corrected chi connectivity index (χ0v) is 23.7. The number of aromatic amines is 1. The number of alkyl halides is 3. The number of fused-ring (bicyclic) bond motifs is 1. The number of urea groups is 1. The second-order valence-electron chi connectivity index (χ2n) is 10.2. The highest BCUT2D eigenvalue weighted by Crippen LogP contribution is 2.29. The van der Waals surface area contributed by atoms with Gasteiger partial charge in [0.25, 0.3) is 0 Å². The third kappa shape index (κ3) is 8.36. The molecule has 3 aromatic carbocycles. The lowest BCUT2D eigenvalue weighted by Crippen LogP contribution is -2.45. The van der Waals surface area contributed by atoms with Crippen LogP contribution in [0, 0.1) is 6.92 Å². The van der Waals surface area contributed by atoms with E-state index in [1.54, 1.807) is 24.1 Å². The number of nitrogens with one attached hydrogen (secondary N) is 2. The SMILES string of the molecule is COCCCN(CC(=O)N(CCc1c[nH]c2ccccc12)Cc1ccc(C(F)(F)F)cc1)C(=O)Nc1ccc(C)cc1. The van der Waals surface area contributed by atoms with E-state index in [0.717, 1.165) is 34.2 Å². The summed E-state index contributed by atoms with van der Waals surface area (Å²) in [4.78, 5) is 33.2. The molecule has 0 unspecified atom stereocenters. The van der Waals surface area contributed by atoms with Crippen LogP contribution in [0.25, 0.3) is 10.9 Å². The lowest BCUT2D eigenvalue weighted by Gasteiger charge is -2.28. The number of rotatable bonds is 12. The number of nitrogens with zero attached hydrogens (tertiary/aromatic N) is 2. The summed E-state index contributed by atoms with van der Waals surface area (Å²) in [6.45, 7) is 2.86. The van der Waals surface area contributed by atoms with Gasteiger partial charge in [-0.15, -0.1) is 0 Å². The molecule has 0 saturated heterocycles. The number of hydrogen-bond acceptors (Lipinski definition) is 3. The van der Waals surface area contributed by atoms with Crippen LogP contribution in [0.5, 0.6) is 0 Å². The van der Waals surface area contributed by atoms with E-state index in [0.29, 0.717) is 37.2 Å². The van der Waals surface area contributed by atoms with Crippen LogP contribution in [0.3, 0.4) is 0 Å². The first-order chi connectivity index (χ1) is 20.1. The minimum Gasteiger partial charge on any atom is -0.385 e. The summed E-state index contributed by atoms with van der Waals surface area (Å²) in [6, 6.07) is 19.6. The average molecular weight is 581 g/mol. The Balaban J connectivity index is 1.53. The molecule has 0 spiro atoms. The van der Waals surface area contributed by atoms with E-state index in [4.69, 9.17) is 4.74 Å². The van der Waals surface area contributed by atoms with Crippen molar-refractivity contribution < 1.29 is 27.5 Å². The maximum atomic E-state index is 13.7. The molecule has 1 heterocycles. The molecule has 10 heteroatoms. The molecule has 3 amide bonds. The van der Waals surface area contributed by atoms with Crippen LogP contribution in [0.2, 0.25) is 0 Å². The van der Waals surface area contributed by atoms with Crippen molar-refractivity contribution in [3.05, 3.63) is 101 Å². The van der Waals surface area contributed by atoms with Crippen molar-refractivity contribution in [3.63, 3.8) is 0 Å². The number of aromatic nitrogens is 1. The third-order valence-electron chi connectivity index (χ3n) is 7.03. The summed E-state index contributed by atoms with van der Waals surface area (Å²) >= 11 is 0. The van der Waals surface area contributed by atoms with E-state index in [1.807, 2.05) is 49.5 Å². The van der Waals surface area contributed by atoms with Gasteiger partial charge in [0.1, 0.15) is 6.54 Å². The highest BCUT2D eigenvalue weighted by atomic mass is 19.4. The number of carbonyl (C=O) groups is 2. The van der Waals surface area contributed by atoms with E-state index < -0.39 is 17.8 Å². The molecule has 2 N–H and O–H groups in total. The number of benzene rings is 3. The van der Waals surface area contributed by atoms with E-state index in [2.05, 4.69) is 10.3 Å². The molecule has 7 nitrogen and oxygen atoms in total. The van der Waals surface area contributed by atoms with E-state index >= 15 is 0 Å². The van der Waals surface area contributed by atoms with Gasteiger partial charge in [0, 0.05) is 56.1 Å². The largest absolute Gasteiger partial charge is 0.416 e. The summed E-state index contributed by atoms with van der Waals surface area (Å²) < 4.78 is 44.5. The smallest absolute Gasteiger partial charge is 0.385 e. The van der Waals surface area contributed by atoms with Gasteiger partial charge in [-0.05, 0) is 61.2 Å². The highest BCUT2D eigenvalue weighted by Gasteiger charge is 2.30. The maximum Gasteiger partial charge on any atom is 0.416 e. The van der Waals surface area contributed by atoms with Gasteiger partial charge in [-0.2, -0.15) is 13.2 Å². The number of hydrogen-bond donors (Lipinski definition) is 2. The molecule has 1 aromatic heterocycles. The number of carbonyl (C=O) groups excluding carboxylic acids is 2. The normalized spacial score (nSPS) is 11.5.